The molecular weight excluding hydrogens is 510 g/mol. The molecule has 1 aliphatic heterocycles. The summed E-state index contributed by atoms with van der Waals surface area (Å²) in [6.45, 7) is 6.65. The first-order valence-electron chi connectivity index (χ1n) is 13.0. The van der Waals surface area contributed by atoms with Gasteiger partial charge in [-0.1, -0.05) is 6.92 Å². The summed E-state index contributed by atoms with van der Waals surface area (Å²) in [7, 11) is -3.51. The van der Waals surface area contributed by atoms with Crippen molar-refractivity contribution < 1.29 is 18.3 Å². The van der Waals surface area contributed by atoms with Gasteiger partial charge in [0.15, 0.2) is 20.8 Å². The Bertz CT molecular complexity index is 1190. The highest BCUT2D eigenvalue weighted by atomic mass is 32.2. The molecule has 0 bridgehead atoms. The zero-order chi connectivity index (χ0) is 26.5. The van der Waals surface area contributed by atoms with E-state index in [2.05, 4.69) is 29.4 Å². The number of aliphatic hydroxyl groups is 1. The number of hydrogen-bond donors (Lipinski definition) is 3. The first kappa shape index (κ1) is 27.7. The fraction of sp³-hybridized carbons (Fsp3) is 0.577. The molecule has 1 aromatic carbocycles. The zero-order valence-corrected chi connectivity index (χ0v) is 23.2. The van der Waals surface area contributed by atoms with Gasteiger partial charge in [-0.25, -0.2) is 18.4 Å². The highest BCUT2D eigenvalue weighted by molar-refractivity contribution is 7.92. The summed E-state index contributed by atoms with van der Waals surface area (Å²) in [6.07, 6.45) is 3.09. The predicted octanol–water partition coefficient (Wildman–Crippen LogP) is 3.24. The fourth-order valence-electron chi connectivity index (χ4n) is 4.80. The second-order valence-corrected chi connectivity index (χ2v) is 12.6. The van der Waals surface area contributed by atoms with Crippen molar-refractivity contribution in [2.24, 2.45) is 0 Å². The summed E-state index contributed by atoms with van der Waals surface area (Å²) in [5.74, 6) is 1.15. The van der Waals surface area contributed by atoms with E-state index in [0.717, 1.165) is 30.6 Å². The van der Waals surface area contributed by atoms with E-state index in [1.165, 1.54) is 0 Å². The van der Waals surface area contributed by atoms with Gasteiger partial charge in [-0.15, -0.1) is 0 Å². The summed E-state index contributed by atoms with van der Waals surface area (Å²) >= 11 is 5.34. The quantitative estimate of drug-likeness (QED) is 0.383. The Hall–Kier alpha value is -2.34. The molecule has 0 spiro atoms. The van der Waals surface area contributed by atoms with Crippen LogP contribution < -0.4 is 15.5 Å². The number of rotatable bonds is 10. The third-order valence-corrected chi connectivity index (χ3v) is 9.99. The third-order valence-electron chi connectivity index (χ3n) is 7.11. The van der Waals surface area contributed by atoms with Gasteiger partial charge in [0.2, 0.25) is 0 Å². The Morgan fingerprint density at radius 1 is 1.27 bits per heavy atom. The van der Waals surface area contributed by atoms with Gasteiger partial charge in [0.05, 0.1) is 30.7 Å². The van der Waals surface area contributed by atoms with Crippen molar-refractivity contribution >= 4 is 38.7 Å². The van der Waals surface area contributed by atoms with Crippen LogP contribution in [0.15, 0.2) is 30.3 Å². The van der Waals surface area contributed by atoms with Crippen LogP contribution in [0.25, 0.3) is 11.4 Å². The predicted molar refractivity (Wildman–Crippen MR) is 151 cm³/mol. The lowest BCUT2D eigenvalue weighted by atomic mass is 9.81. The van der Waals surface area contributed by atoms with E-state index in [4.69, 9.17) is 26.9 Å². The van der Waals surface area contributed by atoms with E-state index in [9.17, 15) is 13.5 Å². The minimum atomic E-state index is -3.51. The minimum absolute atomic E-state index is 0.0571. The zero-order valence-electron chi connectivity index (χ0n) is 21.6. The molecule has 1 aliphatic carbocycles. The van der Waals surface area contributed by atoms with Crippen LogP contribution in [0.3, 0.4) is 0 Å². The maximum absolute atomic E-state index is 13.5. The van der Waals surface area contributed by atoms with Crippen LogP contribution >= 0.6 is 12.2 Å². The number of morpholine rings is 1. The summed E-state index contributed by atoms with van der Waals surface area (Å²) in [5, 5.41) is 16.2. The largest absolute Gasteiger partial charge is 0.396 e. The van der Waals surface area contributed by atoms with Gasteiger partial charge in [0, 0.05) is 37.0 Å². The number of nitrogens with zero attached hydrogens (tertiary/aromatic N) is 3. The Labute approximate surface area is 225 Å². The molecule has 2 aromatic rings. The normalized spacial score (nSPS) is 19.2. The molecule has 9 nitrogen and oxygen atoms in total. The average molecular weight is 548 g/mol. The monoisotopic (exact) mass is 547 g/mol. The van der Waals surface area contributed by atoms with Gasteiger partial charge in [0.1, 0.15) is 10.6 Å². The second-order valence-electron chi connectivity index (χ2n) is 9.75. The molecule has 1 atom stereocenters. The van der Waals surface area contributed by atoms with Gasteiger partial charge < -0.3 is 25.4 Å². The molecule has 2 fully saturated rings. The molecule has 4 rings (SSSR count). The molecule has 0 amide bonds. The van der Waals surface area contributed by atoms with Gasteiger partial charge in [-0.2, -0.15) is 0 Å². The van der Waals surface area contributed by atoms with Crippen molar-refractivity contribution in [2.45, 2.75) is 56.7 Å². The number of sulfone groups is 1. The molecule has 11 heteroatoms. The Morgan fingerprint density at radius 3 is 2.65 bits per heavy atom. The van der Waals surface area contributed by atoms with E-state index in [1.807, 2.05) is 30.3 Å². The van der Waals surface area contributed by atoms with Gasteiger partial charge >= 0.3 is 0 Å². The highest BCUT2D eigenvalue weighted by Crippen LogP contribution is 2.49. The van der Waals surface area contributed by atoms with Crippen molar-refractivity contribution in [1.29, 1.82) is 0 Å². The third kappa shape index (κ3) is 6.05. The van der Waals surface area contributed by atoms with Gasteiger partial charge in [-0.3, -0.25) is 0 Å². The number of anilines is 2. The summed E-state index contributed by atoms with van der Waals surface area (Å²) < 4.78 is 31.5. The topological polar surface area (TPSA) is 117 Å². The Kier molecular flexibility index (Phi) is 8.99. The number of ether oxygens (including phenoxy) is 1. The van der Waals surface area contributed by atoms with E-state index < -0.39 is 14.6 Å². The van der Waals surface area contributed by atoms with Crippen LogP contribution in [0.4, 0.5) is 11.5 Å². The Balaban J connectivity index is 1.72. The van der Waals surface area contributed by atoms with E-state index >= 15 is 0 Å². The second kappa shape index (κ2) is 12.0. The van der Waals surface area contributed by atoms with Crippen LogP contribution in [0.2, 0.25) is 0 Å². The van der Waals surface area contributed by atoms with Crippen molar-refractivity contribution in [3.05, 3.63) is 36.0 Å². The maximum atomic E-state index is 13.5. The van der Waals surface area contributed by atoms with Crippen molar-refractivity contribution in [2.75, 3.05) is 48.9 Å². The molecule has 2 heterocycles. The summed E-state index contributed by atoms with van der Waals surface area (Å²) in [5.41, 5.74) is 2.18. The first-order chi connectivity index (χ1) is 17.8. The van der Waals surface area contributed by atoms with Crippen molar-refractivity contribution in [3.8, 4) is 11.4 Å². The Morgan fingerprint density at radius 2 is 2.03 bits per heavy atom. The number of aromatic nitrogens is 2. The molecule has 0 unspecified atom stereocenters. The fourth-order valence-corrected chi connectivity index (χ4v) is 7.26. The number of hydrogen-bond acceptors (Lipinski definition) is 8. The molecule has 3 N–H and O–H groups in total. The number of nitrogens with one attached hydrogen (secondary N) is 2. The molecule has 202 valence electrons. The number of aliphatic hydroxyl groups excluding tert-OH is 1. The molecule has 1 aromatic heterocycles. The molecule has 1 saturated heterocycles. The minimum Gasteiger partial charge on any atom is -0.396 e. The van der Waals surface area contributed by atoms with Crippen molar-refractivity contribution in [1.82, 2.24) is 15.3 Å². The van der Waals surface area contributed by atoms with Crippen LogP contribution in [0.1, 0.15) is 51.6 Å². The number of benzene rings is 1. The van der Waals surface area contributed by atoms with E-state index in [-0.39, 0.29) is 24.8 Å². The lowest BCUT2D eigenvalue weighted by Crippen LogP contribution is -2.46. The summed E-state index contributed by atoms with van der Waals surface area (Å²) in [6, 6.07) is 9.64. The SMILES string of the molecule is CCCNC(=S)Nc1ccc(-c2nc(N3CCOC[C@@H]3C)cc(C3(S(=O)(=O)CCCO)CCC3)n2)cc1. The molecule has 2 aliphatic rings. The lowest BCUT2D eigenvalue weighted by Gasteiger charge is -2.41. The summed E-state index contributed by atoms with van der Waals surface area (Å²) in [4.78, 5) is 11.9. The first-order valence-corrected chi connectivity index (χ1v) is 15.1. The van der Waals surface area contributed by atoms with Gasteiger partial charge in [-0.05, 0) is 75.5 Å². The number of thiocarbonyl (C=S) groups is 1. The van der Waals surface area contributed by atoms with Crippen LogP contribution in [-0.2, 0) is 19.3 Å². The smallest absolute Gasteiger partial charge is 0.170 e. The van der Waals surface area contributed by atoms with Gasteiger partial charge in [0.25, 0.3) is 0 Å². The molecule has 37 heavy (non-hydrogen) atoms. The highest BCUT2D eigenvalue weighted by Gasteiger charge is 2.51. The standard InChI is InChI=1S/C26H37N5O4S2/c1-3-12-27-25(36)28-21-8-6-20(7-9-21)24-29-22(17-23(30-24)31-13-15-35-18-19(31)2)26(10-4-11-26)37(33,34)16-5-14-32/h6-9,17,19,32H,3-5,10-16,18H2,1-2H3,(H2,27,28,36)/t19-/m0/s1. The molecular formula is C26H37N5O4S2. The van der Waals surface area contributed by atoms with Crippen LogP contribution in [0.5, 0.6) is 0 Å². The molecule has 1 saturated carbocycles. The maximum Gasteiger partial charge on any atom is 0.170 e. The van der Waals surface area contributed by atoms with Crippen molar-refractivity contribution in [3.63, 3.8) is 0 Å². The van der Waals surface area contributed by atoms with E-state index in [1.54, 1.807) is 0 Å². The van der Waals surface area contributed by atoms with E-state index in [0.29, 0.717) is 55.0 Å². The lowest BCUT2D eigenvalue weighted by molar-refractivity contribution is 0.0985. The van der Waals surface area contributed by atoms with Crippen LogP contribution in [-0.4, -0.2) is 73.3 Å². The molecule has 0 radical (unpaired) electrons. The average Bonchev–Trinajstić information content (AvgIpc) is 2.86. The van der Waals surface area contributed by atoms with Crippen LogP contribution in [0, 0.1) is 0 Å².